The van der Waals surface area contributed by atoms with Crippen LogP contribution in [-0.2, 0) is 6.42 Å². The van der Waals surface area contributed by atoms with E-state index in [1.807, 2.05) is 12.1 Å². The Morgan fingerprint density at radius 3 is 3.07 bits per heavy atom. The zero-order valence-corrected chi connectivity index (χ0v) is 7.84. The van der Waals surface area contributed by atoms with E-state index in [0.29, 0.717) is 12.2 Å². The van der Waals surface area contributed by atoms with Crippen LogP contribution >= 0.6 is 0 Å². The van der Waals surface area contributed by atoms with E-state index >= 15 is 0 Å². The lowest BCUT2D eigenvalue weighted by Gasteiger charge is -1.97. The summed E-state index contributed by atoms with van der Waals surface area (Å²) in [4.78, 5) is 4.21. The second-order valence-corrected chi connectivity index (χ2v) is 2.87. The van der Waals surface area contributed by atoms with Crippen molar-refractivity contribution in [3.63, 3.8) is 0 Å². The summed E-state index contributed by atoms with van der Waals surface area (Å²) in [5, 5.41) is 12.9. The van der Waals surface area contributed by atoms with Crippen LogP contribution in [0.5, 0.6) is 5.75 Å². The molecule has 0 radical (unpaired) electrons. The predicted octanol–water partition coefficient (Wildman–Crippen LogP) is 0.273. The lowest BCUT2D eigenvalue weighted by Crippen LogP contribution is -1.94. The van der Waals surface area contributed by atoms with Crippen molar-refractivity contribution in [2.75, 3.05) is 13.7 Å². The first-order chi connectivity index (χ1) is 6.83. The smallest absolute Gasteiger partial charge is 0.155 e. The third-order valence-corrected chi connectivity index (χ3v) is 1.92. The van der Waals surface area contributed by atoms with Gasteiger partial charge in [-0.1, -0.05) is 0 Å². The minimum Gasteiger partial charge on any atom is -0.495 e. The van der Waals surface area contributed by atoms with Crippen LogP contribution in [0.25, 0.3) is 5.65 Å². The van der Waals surface area contributed by atoms with Crippen LogP contribution in [-0.4, -0.2) is 33.4 Å². The van der Waals surface area contributed by atoms with E-state index in [-0.39, 0.29) is 6.61 Å². The molecule has 0 fully saturated rings. The van der Waals surface area contributed by atoms with Crippen molar-refractivity contribution >= 4 is 5.65 Å². The van der Waals surface area contributed by atoms with Crippen LogP contribution < -0.4 is 4.74 Å². The Bertz CT molecular complexity index is 439. The van der Waals surface area contributed by atoms with Gasteiger partial charge in [-0.25, -0.2) is 9.50 Å². The normalized spacial score (nSPS) is 10.7. The second-order valence-electron chi connectivity index (χ2n) is 2.87. The quantitative estimate of drug-likeness (QED) is 0.760. The molecule has 5 nitrogen and oxygen atoms in total. The molecule has 0 saturated heterocycles. The van der Waals surface area contributed by atoms with Gasteiger partial charge in [0, 0.05) is 6.42 Å². The maximum absolute atomic E-state index is 8.73. The molecule has 0 bridgehead atoms. The van der Waals surface area contributed by atoms with E-state index in [1.54, 1.807) is 17.8 Å². The minimum absolute atomic E-state index is 0.0635. The highest BCUT2D eigenvalue weighted by molar-refractivity contribution is 5.40. The summed E-state index contributed by atoms with van der Waals surface area (Å²) < 4.78 is 6.70. The van der Waals surface area contributed by atoms with Gasteiger partial charge >= 0.3 is 0 Å². The monoisotopic (exact) mass is 193 g/mol. The van der Waals surface area contributed by atoms with Gasteiger partial charge in [0.1, 0.15) is 5.75 Å². The molecule has 0 aliphatic carbocycles. The second kappa shape index (κ2) is 3.63. The Kier molecular flexibility index (Phi) is 2.32. The fraction of sp³-hybridized carbons (Fsp3) is 0.333. The molecule has 0 saturated carbocycles. The van der Waals surface area contributed by atoms with E-state index in [4.69, 9.17) is 9.84 Å². The lowest BCUT2D eigenvalue weighted by atomic mass is 10.4. The first-order valence-electron chi connectivity index (χ1n) is 4.33. The third kappa shape index (κ3) is 1.54. The zero-order chi connectivity index (χ0) is 9.97. The average Bonchev–Trinajstić information content (AvgIpc) is 2.59. The van der Waals surface area contributed by atoms with Gasteiger partial charge < -0.3 is 9.84 Å². The predicted molar refractivity (Wildman–Crippen MR) is 50.3 cm³/mol. The number of fused-ring (bicyclic) bond motifs is 1. The van der Waals surface area contributed by atoms with Crippen LogP contribution in [0.3, 0.4) is 0 Å². The molecule has 0 amide bonds. The number of aliphatic hydroxyl groups is 1. The fourth-order valence-electron chi connectivity index (χ4n) is 1.24. The van der Waals surface area contributed by atoms with Crippen molar-refractivity contribution in [2.45, 2.75) is 6.42 Å². The molecule has 0 aromatic carbocycles. The van der Waals surface area contributed by atoms with Crippen molar-refractivity contribution in [3.05, 3.63) is 24.2 Å². The van der Waals surface area contributed by atoms with Gasteiger partial charge in [-0.15, -0.1) is 0 Å². The van der Waals surface area contributed by atoms with E-state index in [1.165, 1.54) is 0 Å². The number of nitrogens with zero attached hydrogens (tertiary/aromatic N) is 3. The Balaban J connectivity index is 2.43. The zero-order valence-electron chi connectivity index (χ0n) is 7.84. The molecule has 1 N–H and O–H groups in total. The van der Waals surface area contributed by atoms with Gasteiger partial charge in [-0.2, -0.15) is 5.10 Å². The number of ether oxygens (including phenoxy) is 1. The van der Waals surface area contributed by atoms with Crippen molar-refractivity contribution < 1.29 is 9.84 Å². The maximum Gasteiger partial charge on any atom is 0.155 e. The molecule has 0 atom stereocenters. The number of aliphatic hydroxyl groups excluding tert-OH is 1. The molecule has 14 heavy (non-hydrogen) atoms. The molecular formula is C9H11N3O2. The summed E-state index contributed by atoms with van der Waals surface area (Å²) in [5.41, 5.74) is 0.759. The summed E-state index contributed by atoms with van der Waals surface area (Å²) >= 11 is 0. The standard InChI is InChI=1S/C9H11N3O2/c1-14-7-2-3-9-10-8(4-5-13)11-12(9)6-7/h2-3,6,13H,4-5H2,1H3. The molecular weight excluding hydrogens is 182 g/mol. The summed E-state index contributed by atoms with van der Waals surface area (Å²) in [6.07, 6.45) is 2.23. The van der Waals surface area contributed by atoms with Crippen molar-refractivity contribution in [1.82, 2.24) is 14.6 Å². The number of rotatable bonds is 3. The Morgan fingerprint density at radius 1 is 1.50 bits per heavy atom. The largest absolute Gasteiger partial charge is 0.495 e. The van der Waals surface area contributed by atoms with Crippen LogP contribution in [0, 0.1) is 0 Å². The maximum atomic E-state index is 8.73. The summed E-state index contributed by atoms with van der Waals surface area (Å²) in [6.45, 7) is 0.0635. The van der Waals surface area contributed by atoms with E-state index < -0.39 is 0 Å². The lowest BCUT2D eigenvalue weighted by molar-refractivity contribution is 0.296. The Hall–Kier alpha value is -1.62. The molecule has 2 aromatic rings. The van der Waals surface area contributed by atoms with Gasteiger partial charge in [0.25, 0.3) is 0 Å². The van der Waals surface area contributed by atoms with Crippen molar-refractivity contribution in [3.8, 4) is 5.75 Å². The van der Waals surface area contributed by atoms with Crippen LogP contribution in [0.4, 0.5) is 0 Å². The van der Waals surface area contributed by atoms with Gasteiger partial charge in [-0.05, 0) is 12.1 Å². The molecule has 0 aliphatic rings. The SMILES string of the molecule is COc1ccc2nc(CCO)nn2c1. The highest BCUT2D eigenvalue weighted by Gasteiger charge is 2.03. The first-order valence-corrected chi connectivity index (χ1v) is 4.33. The number of aromatic nitrogens is 3. The molecule has 2 rings (SSSR count). The summed E-state index contributed by atoms with van der Waals surface area (Å²) in [7, 11) is 1.60. The van der Waals surface area contributed by atoms with Gasteiger partial charge in [0.05, 0.1) is 19.9 Å². The Labute approximate surface area is 81.0 Å². The van der Waals surface area contributed by atoms with Crippen LogP contribution in [0.15, 0.2) is 18.3 Å². The molecule has 0 spiro atoms. The Morgan fingerprint density at radius 2 is 2.36 bits per heavy atom. The van der Waals surface area contributed by atoms with Gasteiger partial charge in [0.15, 0.2) is 11.5 Å². The number of hydrogen-bond acceptors (Lipinski definition) is 4. The average molecular weight is 193 g/mol. The number of hydrogen-bond donors (Lipinski definition) is 1. The molecule has 5 heteroatoms. The first kappa shape index (κ1) is 8.96. The summed E-state index contributed by atoms with van der Waals surface area (Å²) in [6, 6.07) is 3.65. The van der Waals surface area contributed by atoms with Crippen molar-refractivity contribution in [2.24, 2.45) is 0 Å². The molecule has 0 aliphatic heterocycles. The van der Waals surface area contributed by atoms with E-state index in [2.05, 4.69) is 10.1 Å². The molecule has 0 unspecified atom stereocenters. The molecule has 2 heterocycles. The molecule has 2 aromatic heterocycles. The minimum atomic E-state index is 0.0635. The fourth-order valence-corrected chi connectivity index (χ4v) is 1.24. The van der Waals surface area contributed by atoms with Gasteiger partial charge in [0.2, 0.25) is 0 Å². The van der Waals surface area contributed by atoms with Crippen LogP contribution in [0.1, 0.15) is 5.82 Å². The molecule has 74 valence electrons. The highest BCUT2D eigenvalue weighted by atomic mass is 16.5. The van der Waals surface area contributed by atoms with Crippen molar-refractivity contribution in [1.29, 1.82) is 0 Å². The number of pyridine rings is 1. The topological polar surface area (TPSA) is 59.7 Å². The van der Waals surface area contributed by atoms with Gasteiger partial charge in [-0.3, -0.25) is 0 Å². The van der Waals surface area contributed by atoms with E-state index in [9.17, 15) is 0 Å². The third-order valence-electron chi connectivity index (χ3n) is 1.92. The number of methoxy groups -OCH3 is 1. The van der Waals surface area contributed by atoms with E-state index in [0.717, 1.165) is 11.4 Å². The highest BCUT2D eigenvalue weighted by Crippen LogP contribution is 2.11. The summed E-state index contributed by atoms with van der Waals surface area (Å²) in [5.74, 6) is 1.37. The van der Waals surface area contributed by atoms with Crippen LogP contribution in [0.2, 0.25) is 0 Å².